The second-order valence-corrected chi connectivity index (χ2v) is 3.32. The highest BCUT2D eigenvalue weighted by molar-refractivity contribution is 6.22. The topological polar surface area (TPSA) is 133 Å². The zero-order chi connectivity index (χ0) is 14.3. The van der Waals surface area contributed by atoms with Crippen LogP contribution in [0.3, 0.4) is 0 Å². The molecule has 0 bridgehead atoms. The molecule has 18 heavy (non-hydrogen) atoms. The number of carbonyl (C=O) groups is 4. The van der Waals surface area contributed by atoms with E-state index in [0.29, 0.717) is 13.0 Å². The van der Waals surface area contributed by atoms with E-state index in [2.05, 4.69) is 5.32 Å². The molecule has 0 aromatic heterocycles. The molecule has 8 nitrogen and oxygen atoms in total. The first-order valence-electron chi connectivity index (χ1n) is 5.07. The predicted molar refractivity (Wildman–Crippen MR) is 59.8 cm³/mol. The van der Waals surface area contributed by atoms with Crippen LogP contribution >= 0.6 is 0 Å². The second-order valence-electron chi connectivity index (χ2n) is 3.32. The third-order valence-electron chi connectivity index (χ3n) is 1.90. The highest BCUT2D eigenvalue weighted by Crippen LogP contribution is 2.05. The van der Waals surface area contributed by atoms with Crippen LogP contribution in [0, 0.1) is 0 Å². The van der Waals surface area contributed by atoms with Crippen LogP contribution in [-0.4, -0.2) is 40.6 Å². The first-order chi connectivity index (χ1) is 8.31. The van der Waals surface area contributed by atoms with E-state index in [4.69, 9.17) is 10.2 Å². The van der Waals surface area contributed by atoms with Gasteiger partial charge in [-0.05, 0) is 13.3 Å². The van der Waals surface area contributed by atoms with Gasteiger partial charge in [0.05, 0.1) is 5.57 Å². The van der Waals surface area contributed by atoms with E-state index in [-0.39, 0.29) is 0 Å². The fourth-order valence-electron chi connectivity index (χ4n) is 0.983. The summed E-state index contributed by atoms with van der Waals surface area (Å²) in [5.41, 5.74) is -1.63. The summed E-state index contributed by atoms with van der Waals surface area (Å²) in [6, 6.07) is -0.876. The van der Waals surface area contributed by atoms with Gasteiger partial charge in [-0.1, -0.05) is 6.92 Å². The van der Waals surface area contributed by atoms with Crippen molar-refractivity contribution in [2.45, 2.75) is 20.3 Å². The van der Waals surface area contributed by atoms with Crippen LogP contribution in [0.25, 0.3) is 0 Å². The minimum absolute atomic E-state index is 0.309. The molecular weight excluding hydrogens is 244 g/mol. The Morgan fingerprint density at radius 3 is 2.00 bits per heavy atom. The van der Waals surface area contributed by atoms with Crippen molar-refractivity contribution in [2.75, 3.05) is 6.54 Å². The van der Waals surface area contributed by atoms with Crippen molar-refractivity contribution in [1.29, 1.82) is 0 Å². The van der Waals surface area contributed by atoms with Crippen LogP contribution in [0.4, 0.5) is 4.79 Å². The summed E-state index contributed by atoms with van der Waals surface area (Å²) in [5.74, 6) is -4.52. The van der Waals surface area contributed by atoms with E-state index in [1.54, 1.807) is 12.2 Å². The molecule has 0 radical (unpaired) electrons. The molecule has 0 fully saturated rings. The zero-order valence-electron chi connectivity index (χ0n) is 9.94. The molecule has 0 saturated carbocycles. The van der Waals surface area contributed by atoms with Crippen molar-refractivity contribution in [2.24, 2.45) is 0 Å². The number of rotatable bonds is 5. The quantitative estimate of drug-likeness (QED) is 0.304. The molecule has 0 heterocycles. The lowest BCUT2D eigenvalue weighted by Gasteiger charge is -2.07. The molecule has 100 valence electrons. The fraction of sp³-hybridized carbons (Fsp3) is 0.400. The summed E-state index contributed by atoms with van der Waals surface area (Å²) in [7, 11) is 0. The Hall–Kier alpha value is -2.38. The van der Waals surface area contributed by atoms with Crippen molar-refractivity contribution in [3.8, 4) is 0 Å². The Morgan fingerprint density at radius 2 is 1.61 bits per heavy atom. The van der Waals surface area contributed by atoms with Crippen LogP contribution in [0.2, 0.25) is 0 Å². The first kappa shape index (κ1) is 15.6. The van der Waals surface area contributed by atoms with Gasteiger partial charge in [-0.3, -0.25) is 10.1 Å². The standard InChI is InChI=1S/C10H14N2O6/c1-3-4-11-10(18)12-7(13)6(9(16)17)5(2)8(14)15/h3-4H2,1-2H3,(H,14,15)(H,16,17)(H2,11,12,13,18)/b6-5+. The molecule has 4 N–H and O–H groups in total. The van der Waals surface area contributed by atoms with Crippen LogP contribution in [0.5, 0.6) is 0 Å². The molecule has 0 spiro atoms. The van der Waals surface area contributed by atoms with Gasteiger partial charge in [0.2, 0.25) is 0 Å². The lowest BCUT2D eigenvalue weighted by Crippen LogP contribution is -2.42. The minimum Gasteiger partial charge on any atom is -0.478 e. The van der Waals surface area contributed by atoms with E-state index < -0.39 is 35.0 Å². The molecule has 0 atom stereocenters. The molecule has 8 heteroatoms. The summed E-state index contributed by atoms with van der Waals surface area (Å²) in [5, 5.41) is 21.4. The Labute approximate surface area is 103 Å². The van der Waals surface area contributed by atoms with Gasteiger partial charge in [0.25, 0.3) is 5.91 Å². The summed E-state index contributed by atoms with van der Waals surface area (Å²) < 4.78 is 0. The number of amides is 3. The summed E-state index contributed by atoms with van der Waals surface area (Å²) >= 11 is 0. The van der Waals surface area contributed by atoms with E-state index in [1.165, 1.54) is 0 Å². The number of hydrogen-bond acceptors (Lipinski definition) is 4. The second kappa shape index (κ2) is 7.05. The van der Waals surface area contributed by atoms with Gasteiger partial charge in [-0.2, -0.15) is 0 Å². The minimum atomic E-state index is -1.71. The van der Waals surface area contributed by atoms with Gasteiger partial charge in [-0.25, -0.2) is 14.4 Å². The molecule has 3 amide bonds. The van der Waals surface area contributed by atoms with Crippen molar-refractivity contribution in [3.05, 3.63) is 11.1 Å². The van der Waals surface area contributed by atoms with E-state index in [1.807, 2.05) is 0 Å². The number of carboxylic acids is 2. The Kier molecular flexibility index (Phi) is 6.11. The third kappa shape index (κ3) is 4.64. The smallest absolute Gasteiger partial charge is 0.341 e. The van der Waals surface area contributed by atoms with Gasteiger partial charge < -0.3 is 15.5 Å². The first-order valence-corrected chi connectivity index (χ1v) is 5.07. The number of imide groups is 1. The monoisotopic (exact) mass is 258 g/mol. The van der Waals surface area contributed by atoms with Crippen molar-refractivity contribution < 1.29 is 29.4 Å². The SMILES string of the molecule is CCCNC(=O)NC(=O)/C(C(=O)O)=C(/C)C(=O)O. The molecule has 0 aromatic rings. The molecular formula is C10H14N2O6. The van der Waals surface area contributed by atoms with Gasteiger partial charge in [0, 0.05) is 6.54 Å². The Bertz CT molecular complexity index is 413. The zero-order valence-corrected chi connectivity index (χ0v) is 9.94. The van der Waals surface area contributed by atoms with E-state index in [0.717, 1.165) is 6.92 Å². The molecule has 0 aliphatic rings. The molecule has 0 saturated heterocycles. The third-order valence-corrected chi connectivity index (χ3v) is 1.90. The van der Waals surface area contributed by atoms with Gasteiger partial charge in [0.15, 0.2) is 0 Å². The average molecular weight is 258 g/mol. The highest BCUT2D eigenvalue weighted by atomic mass is 16.4. The number of hydrogen-bond donors (Lipinski definition) is 4. The van der Waals surface area contributed by atoms with Crippen LogP contribution in [0.15, 0.2) is 11.1 Å². The Balaban J connectivity index is 4.92. The normalized spacial score (nSPS) is 11.2. The van der Waals surface area contributed by atoms with Crippen LogP contribution in [0.1, 0.15) is 20.3 Å². The molecule has 0 rings (SSSR count). The largest absolute Gasteiger partial charge is 0.478 e. The maximum absolute atomic E-state index is 11.4. The van der Waals surface area contributed by atoms with Crippen molar-refractivity contribution in [3.63, 3.8) is 0 Å². The van der Waals surface area contributed by atoms with Crippen molar-refractivity contribution >= 4 is 23.9 Å². The van der Waals surface area contributed by atoms with Crippen LogP contribution in [-0.2, 0) is 14.4 Å². The summed E-state index contributed by atoms with van der Waals surface area (Å²) in [6.45, 7) is 3.07. The lowest BCUT2D eigenvalue weighted by molar-refractivity contribution is -0.137. The number of carbonyl (C=O) groups excluding carboxylic acids is 2. The molecule has 0 aromatic carbocycles. The van der Waals surface area contributed by atoms with Gasteiger partial charge in [-0.15, -0.1) is 0 Å². The van der Waals surface area contributed by atoms with Gasteiger partial charge >= 0.3 is 18.0 Å². The lowest BCUT2D eigenvalue weighted by atomic mass is 10.1. The predicted octanol–water partition coefficient (Wildman–Crippen LogP) is -0.292. The van der Waals surface area contributed by atoms with Crippen molar-refractivity contribution in [1.82, 2.24) is 10.6 Å². The summed E-state index contributed by atoms with van der Waals surface area (Å²) in [6.07, 6.45) is 0.636. The number of aliphatic carboxylic acids is 2. The fourth-order valence-corrected chi connectivity index (χ4v) is 0.983. The van der Waals surface area contributed by atoms with E-state index in [9.17, 15) is 19.2 Å². The molecule has 0 aliphatic carbocycles. The highest BCUT2D eigenvalue weighted by Gasteiger charge is 2.25. The number of carboxylic acid groups (broad SMARTS) is 2. The van der Waals surface area contributed by atoms with Gasteiger partial charge in [0.1, 0.15) is 5.57 Å². The summed E-state index contributed by atoms with van der Waals surface area (Å²) in [4.78, 5) is 43.9. The number of urea groups is 1. The molecule has 0 aliphatic heterocycles. The maximum atomic E-state index is 11.4. The maximum Gasteiger partial charge on any atom is 0.341 e. The Morgan fingerprint density at radius 1 is 1.06 bits per heavy atom. The number of nitrogens with one attached hydrogen (secondary N) is 2. The average Bonchev–Trinajstić information content (AvgIpc) is 2.25. The van der Waals surface area contributed by atoms with E-state index >= 15 is 0 Å². The van der Waals surface area contributed by atoms with Crippen LogP contribution < -0.4 is 10.6 Å². The molecule has 0 unspecified atom stereocenters.